The number of ether oxygens (including phenoxy) is 1. The molecule has 0 aromatic heterocycles. The van der Waals surface area contributed by atoms with Gasteiger partial charge >= 0.3 is 5.97 Å². The highest BCUT2D eigenvalue weighted by atomic mass is 16.6. The van der Waals surface area contributed by atoms with Gasteiger partial charge < -0.3 is 15.4 Å². The van der Waals surface area contributed by atoms with Crippen molar-refractivity contribution in [1.29, 1.82) is 0 Å². The number of hydrogen-bond donors (Lipinski definition) is 2. The molecular weight excluding hydrogens is 362 g/mol. The zero-order valence-electron chi connectivity index (χ0n) is 15.8. The maximum absolute atomic E-state index is 12.5. The molecule has 28 heavy (non-hydrogen) atoms. The number of esters is 1. The van der Waals surface area contributed by atoms with Gasteiger partial charge in [-0.25, -0.2) is 4.79 Å². The summed E-state index contributed by atoms with van der Waals surface area (Å²) in [5.74, 6) is -1.30. The summed E-state index contributed by atoms with van der Waals surface area (Å²) in [7, 11) is 0. The van der Waals surface area contributed by atoms with Crippen LogP contribution in [0.15, 0.2) is 48.5 Å². The Morgan fingerprint density at radius 3 is 2.43 bits per heavy atom. The van der Waals surface area contributed by atoms with Crippen LogP contribution in [0.5, 0.6) is 0 Å². The van der Waals surface area contributed by atoms with Crippen molar-refractivity contribution in [3.05, 3.63) is 64.2 Å². The van der Waals surface area contributed by atoms with Crippen molar-refractivity contribution in [2.24, 2.45) is 0 Å². The van der Waals surface area contributed by atoms with Crippen molar-refractivity contribution in [3.63, 3.8) is 0 Å². The van der Waals surface area contributed by atoms with Gasteiger partial charge in [0, 0.05) is 18.3 Å². The third-order valence-electron chi connectivity index (χ3n) is 4.00. The molecule has 0 spiro atoms. The number of carbonyl (C=O) groups is 2. The lowest BCUT2D eigenvalue weighted by atomic mass is 10.1. The quantitative estimate of drug-likeness (QED) is 0.292. The molecule has 0 heterocycles. The summed E-state index contributed by atoms with van der Waals surface area (Å²) in [6.45, 7) is 4.20. The number of carbonyl (C=O) groups excluding carboxylic acids is 2. The minimum atomic E-state index is -1.13. The predicted molar refractivity (Wildman–Crippen MR) is 106 cm³/mol. The first-order chi connectivity index (χ1) is 13.4. The second-order valence-corrected chi connectivity index (χ2v) is 6.14. The summed E-state index contributed by atoms with van der Waals surface area (Å²) < 4.78 is 5.26. The number of para-hydroxylation sites is 3. The van der Waals surface area contributed by atoms with E-state index < -0.39 is 22.9 Å². The first kappa shape index (κ1) is 20.9. The van der Waals surface area contributed by atoms with E-state index in [2.05, 4.69) is 17.6 Å². The second kappa shape index (κ2) is 10.1. The normalized spacial score (nSPS) is 11.4. The van der Waals surface area contributed by atoms with Gasteiger partial charge in [0.15, 0.2) is 6.10 Å². The molecule has 0 saturated carbocycles. The second-order valence-electron chi connectivity index (χ2n) is 6.14. The first-order valence-electron chi connectivity index (χ1n) is 9.02. The van der Waals surface area contributed by atoms with Crippen molar-refractivity contribution in [3.8, 4) is 0 Å². The van der Waals surface area contributed by atoms with Gasteiger partial charge in [-0.05, 0) is 31.5 Å². The molecule has 2 N–H and O–H groups in total. The Bertz CT molecular complexity index is 853. The Hall–Kier alpha value is -3.42. The Morgan fingerprint density at radius 1 is 1.11 bits per heavy atom. The molecule has 0 radical (unpaired) electrons. The highest BCUT2D eigenvalue weighted by molar-refractivity contribution is 6.00. The fourth-order valence-electron chi connectivity index (χ4n) is 2.47. The Labute approximate surface area is 163 Å². The molecule has 2 aromatic carbocycles. The fourth-order valence-corrected chi connectivity index (χ4v) is 2.47. The molecular formula is C20H23N3O5. The Balaban J connectivity index is 2.05. The Kier molecular flexibility index (Phi) is 7.50. The van der Waals surface area contributed by atoms with E-state index in [-0.39, 0.29) is 11.4 Å². The van der Waals surface area contributed by atoms with Crippen LogP contribution in [0, 0.1) is 10.1 Å². The van der Waals surface area contributed by atoms with Gasteiger partial charge in [0.1, 0.15) is 5.69 Å². The largest absolute Gasteiger partial charge is 0.449 e. The highest BCUT2D eigenvalue weighted by Gasteiger charge is 2.23. The number of benzene rings is 2. The lowest BCUT2D eigenvalue weighted by Gasteiger charge is -2.15. The molecule has 0 aliphatic rings. The van der Waals surface area contributed by atoms with Gasteiger partial charge in [0.05, 0.1) is 10.5 Å². The van der Waals surface area contributed by atoms with Crippen molar-refractivity contribution in [1.82, 2.24) is 0 Å². The summed E-state index contributed by atoms with van der Waals surface area (Å²) in [5, 5.41) is 16.7. The maximum atomic E-state index is 12.5. The van der Waals surface area contributed by atoms with E-state index in [4.69, 9.17) is 4.74 Å². The lowest BCUT2D eigenvalue weighted by molar-refractivity contribution is -0.383. The minimum Gasteiger partial charge on any atom is -0.449 e. The number of hydrogen-bond acceptors (Lipinski definition) is 6. The molecule has 2 aromatic rings. The smallest absolute Gasteiger partial charge is 0.341 e. The monoisotopic (exact) mass is 385 g/mol. The molecule has 0 fully saturated rings. The summed E-state index contributed by atoms with van der Waals surface area (Å²) in [4.78, 5) is 35.3. The maximum Gasteiger partial charge on any atom is 0.341 e. The molecule has 2 rings (SSSR count). The van der Waals surface area contributed by atoms with Gasteiger partial charge in [-0.15, -0.1) is 0 Å². The number of unbranched alkanes of at least 4 members (excludes halogenated alkanes) is 1. The zero-order valence-corrected chi connectivity index (χ0v) is 15.8. The Morgan fingerprint density at radius 2 is 1.75 bits per heavy atom. The molecule has 0 unspecified atom stereocenters. The first-order valence-corrected chi connectivity index (χ1v) is 9.02. The van der Waals surface area contributed by atoms with Crippen LogP contribution in [0.4, 0.5) is 17.1 Å². The number of nitrogens with one attached hydrogen (secondary N) is 2. The van der Waals surface area contributed by atoms with Crippen molar-refractivity contribution in [2.75, 3.05) is 17.2 Å². The van der Waals surface area contributed by atoms with Crippen LogP contribution < -0.4 is 10.6 Å². The van der Waals surface area contributed by atoms with E-state index in [9.17, 15) is 19.7 Å². The number of nitrogens with zero attached hydrogens (tertiary/aromatic N) is 1. The molecule has 1 atom stereocenters. The summed E-state index contributed by atoms with van der Waals surface area (Å²) in [6, 6.07) is 12.7. The van der Waals surface area contributed by atoms with Crippen LogP contribution in [0.1, 0.15) is 37.0 Å². The number of anilines is 2. The van der Waals surface area contributed by atoms with Crippen LogP contribution in [0.25, 0.3) is 0 Å². The molecule has 0 saturated heterocycles. The lowest BCUT2D eigenvalue weighted by Crippen LogP contribution is -2.30. The predicted octanol–water partition coefficient (Wildman–Crippen LogP) is 3.99. The van der Waals surface area contributed by atoms with E-state index in [1.54, 1.807) is 30.3 Å². The van der Waals surface area contributed by atoms with Crippen LogP contribution in [0.2, 0.25) is 0 Å². The van der Waals surface area contributed by atoms with Crippen LogP contribution in [-0.2, 0) is 9.53 Å². The number of amides is 1. The van der Waals surface area contributed by atoms with Gasteiger partial charge in [-0.3, -0.25) is 14.9 Å². The van der Waals surface area contributed by atoms with E-state index in [0.29, 0.717) is 17.8 Å². The van der Waals surface area contributed by atoms with Crippen LogP contribution in [-0.4, -0.2) is 29.4 Å². The fraction of sp³-hybridized carbons (Fsp3) is 0.300. The van der Waals surface area contributed by atoms with Gasteiger partial charge in [0.25, 0.3) is 11.6 Å². The van der Waals surface area contributed by atoms with E-state index >= 15 is 0 Å². The van der Waals surface area contributed by atoms with E-state index in [1.165, 1.54) is 25.1 Å². The van der Waals surface area contributed by atoms with Crippen LogP contribution >= 0.6 is 0 Å². The molecule has 8 heteroatoms. The summed E-state index contributed by atoms with van der Waals surface area (Å²) in [5.41, 5.74) is 0.762. The van der Waals surface area contributed by atoms with Crippen LogP contribution in [0.3, 0.4) is 0 Å². The standard InChI is InChI=1S/C20H23N3O5/c1-3-4-13-21-16-10-6-5-9-15(16)20(25)28-14(2)19(24)22-17-11-7-8-12-18(17)23(26)27/h5-12,14,21H,3-4,13H2,1-2H3,(H,22,24)/t14-/m1/s1. The molecule has 0 aliphatic carbocycles. The number of nitro benzene ring substituents is 1. The van der Waals surface area contributed by atoms with E-state index in [1.807, 2.05) is 0 Å². The van der Waals surface area contributed by atoms with Gasteiger partial charge in [-0.2, -0.15) is 0 Å². The molecule has 1 amide bonds. The molecule has 8 nitrogen and oxygen atoms in total. The average Bonchev–Trinajstić information content (AvgIpc) is 2.68. The molecule has 0 aliphatic heterocycles. The van der Waals surface area contributed by atoms with Gasteiger partial charge in [-0.1, -0.05) is 37.6 Å². The van der Waals surface area contributed by atoms with E-state index in [0.717, 1.165) is 12.8 Å². The van der Waals surface area contributed by atoms with Gasteiger partial charge in [0.2, 0.25) is 0 Å². The van der Waals surface area contributed by atoms with Crippen molar-refractivity contribution >= 4 is 28.9 Å². The highest BCUT2D eigenvalue weighted by Crippen LogP contribution is 2.23. The topological polar surface area (TPSA) is 111 Å². The summed E-state index contributed by atoms with van der Waals surface area (Å²) >= 11 is 0. The molecule has 148 valence electrons. The third-order valence-corrected chi connectivity index (χ3v) is 4.00. The number of rotatable bonds is 9. The SMILES string of the molecule is CCCCNc1ccccc1C(=O)O[C@H](C)C(=O)Nc1ccccc1[N+](=O)[O-]. The number of nitro groups is 1. The average molecular weight is 385 g/mol. The third kappa shape index (κ3) is 5.54. The van der Waals surface area contributed by atoms with Crippen molar-refractivity contribution in [2.45, 2.75) is 32.8 Å². The summed E-state index contributed by atoms with van der Waals surface area (Å²) in [6.07, 6.45) is 0.844. The minimum absolute atomic E-state index is 0.0435. The molecule has 0 bridgehead atoms. The van der Waals surface area contributed by atoms with Crippen molar-refractivity contribution < 1.29 is 19.2 Å². The zero-order chi connectivity index (χ0) is 20.5.